The van der Waals surface area contributed by atoms with Crippen LogP contribution in [0.2, 0.25) is 0 Å². The molecule has 4 rings (SSSR count). The summed E-state index contributed by atoms with van der Waals surface area (Å²) in [5.41, 5.74) is 2.34. The van der Waals surface area contributed by atoms with Crippen LogP contribution in [-0.2, 0) is 9.53 Å². The van der Waals surface area contributed by atoms with Gasteiger partial charge in [-0.05, 0) is 75.3 Å². The first-order valence-corrected chi connectivity index (χ1v) is 13.3. The molecule has 1 aromatic carbocycles. The summed E-state index contributed by atoms with van der Waals surface area (Å²) in [4.78, 5) is 49.6. The summed E-state index contributed by atoms with van der Waals surface area (Å²) in [6.07, 6.45) is 6.66. The lowest BCUT2D eigenvalue weighted by molar-refractivity contribution is -0.123. The highest BCUT2D eigenvalue weighted by atomic mass is 32.1. The zero-order valence-corrected chi connectivity index (χ0v) is 22.4. The largest absolute Gasteiger partial charge is 0.465 e. The Balaban J connectivity index is 1.61. The Morgan fingerprint density at radius 2 is 1.78 bits per heavy atom. The lowest BCUT2D eigenvalue weighted by Crippen LogP contribution is -2.42. The fourth-order valence-electron chi connectivity index (χ4n) is 4.63. The summed E-state index contributed by atoms with van der Waals surface area (Å²) in [6.45, 7) is 6.17. The van der Waals surface area contributed by atoms with Gasteiger partial charge in [-0.3, -0.25) is 9.59 Å². The quantitative estimate of drug-likeness (QED) is 0.395. The molecule has 1 saturated carbocycles. The molecule has 0 spiro atoms. The molecule has 0 atom stereocenters. The standard InChI is InChI=1S/C28H32N4O4S/c1-17(2)32(27(34)20-7-5-18(3)6-8-20)23-15-24(37-25(23)28(35)36-4)19-9-11-21(12-10-19)31-26(33)22-13-14-29-16-30-22/h9-18,20H,5-8H2,1-4H3,(H,31,33). The van der Waals surface area contributed by atoms with Crippen LogP contribution in [-0.4, -0.2) is 40.9 Å². The van der Waals surface area contributed by atoms with Gasteiger partial charge in [0.15, 0.2) is 0 Å². The molecule has 2 aromatic heterocycles. The molecule has 1 N–H and O–H groups in total. The monoisotopic (exact) mass is 520 g/mol. The van der Waals surface area contributed by atoms with Crippen molar-refractivity contribution in [3.63, 3.8) is 0 Å². The van der Waals surface area contributed by atoms with Gasteiger partial charge in [0.05, 0.1) is 12.8 Å². The Kier molecular flexibility index (Phi) is 8.33. The van der Waals surface area contributed by atoms with Crippen LogP contribution in [0.15, 0.2) is 48.9 Å². The number of ether oxygens (including phenoxy) is 1. The first-order chi connectivity index (χ1) is 17.8. The molecule has 194 valence electrons. The second-order valence-corrected chi connectivity index (χ2v) is 10.8. The number of thiophene rings is 1. The van der Waals surface area contributed by atoms with Crippen LogP contribution in [0, 0.1) is 11.8 Å². The maximum atomic E-state index is 13.6. The van der Waals surface area contributed by atoms with Crippen molar-refractivity contribution in [1.82, 2.24) is 9.97 Å². The van der Waals surface area contributed by atoms with E-state index in [1.165, 1.54) is 31.0 Å². The number of carbonyl (C=O) groups is 3. The normalized spacial score (nSPS) is 17.3. The van der Waals surface area contributed by atoms with Gasteiger partial charge in [0.25, 0.3) is 5.91 Å². The molecule has 0 radical (unpaired) electrons. The molecule has 3 aromatic rings. The number of anilines is 2. The smallest absolute Gasteiger partial charge is 0.350 e. The van der Waals surface area contributed by atoms with Gasteiger partial charge in [-0.15, -0.1) is 11.3 Å². The minimum absolute atomic E-state index is 0.0368. The fourth-order valence-corrected chi connectivity index (χ4v) is 5.71. The molecule has 0 aliphatic heterocycles. The second kappa shape index (κ2) is 11.6. The number of methoxy groups -OCH3 is 1. The molecule has 8 nitrogen and oxygen atoms in total. The van der Waals surface area contributed by atoms with Gasteiger partial charge in [0.1, 0.15) is 16.9 Å². The Labute approximate surface area is 221 Å². The highest BCUT2D eigenvalue weighted by molar-refractivity contribution is 7.18. The van der Waals surface area contributed by atoms with Crippen molar-refractivity contribution in [3.05, 3.63) is 59.5 Å². The van der Waals surface area contributed by atoms with Crippen LogP contribution in [0.3, 0.4) is 0 Å². The molecule has 2 amide bonds. The predicted octanol–water partition coefficient (Wildman–Crippen LogP) is 5.81. The van der Waals surface area contributed by atoms with Crippen molar-refractivity contribution in [2.75, 3.05) is 17.3 Å². The summed E-state index contributed by atoms with van der Waals surface area (Å²) in [6, 6.07) is 10.7. The summed E-state index contributed by atoms with van der Waals surface area (Å²) in [7, 11) is 1.35. The summed E-state index contributed by atoms with van der Waals surface area (Å²) in [5, 5.41) is 2.82. The van der Waals surface area contributed by atoms with Crippen molar-refractivity contribution in [2.24, 2.45) is 11.8 Å². The van der Waals surface area contributed by atoms with E-state index in [-0.39, 0.29) is 29.5 Å². The topological polar surface area (TPSA) is 101 Å². The van der Waals surface area contributed by atoms with Crippen molar-refractivity contribution >= 4 is 40.5 Å². The fraction of sp³-hybridized carbons (Fsp3) is 0.393. The van der Waals surface area contributed by atoms with E-state index in [0.717, 1.165) is 36.1 Å². The molecule has 37 heavy (non-hydrogen) atoms. The predicted molar refractivity (Wildman–Crippen MR) is 145 cm³/mol. The van der Waals surface area contributed by atoms with Crippen LogP contribution < -0.4 is 10.2 Å². The Hall–Kier alpha value is -3.59. The number of amides is 2. The zero-order valence-electron chi connectivity index (χ0n) is 21.6. The minimum atomic E-state index is -0.462. The van der Waals surface area contributed by atoms with E-state index in [4.69, 9.17) is 4.74 Å². The summed E-state index contributed by atoms with van der Waals surface area (Å²) in [5.74, 6) is -0.117. The zero-order chi connectivity index (χ0) is 26.5. The third-order valence-corrected chi connectivity index (χ3v) is 7.86. The van der Waals surface area contributed by atoms with Crippen molar-refractivity contribution in [3.8, 4) is 10.4 Å². The Bertz CT molecular complexity index is 1250. The third kappa shape index (κ3) is 6.05. The number of benzene rings is 1. The second-order valence-electron chi connectivity index (χ2n) is 9.70. The molecular weight excluding hydrogens is 488 g/mol. The highest BCUT2D eigenvalue weighted by Crippen LogP contribution is 2.40. The van der Waals surface area contributed by atoms with Crippen LogP contribution in [0.5, 0.6) is 0 Å². The summed E-state index contributed by atoms with van der Waals surface area (Å²) < 4.78 is 5.08. The summed E-state index contributed by atoms with van der Waals surface area (Å²) >= 11 is 1.30. The maximum absolute atomic E-state index is 13.6. The molecule has 1 aliphatic rings. The van der Waals surface area contributed by atoms with E-state index in [1.807, 2.05) is 32.0 Å². The minimum Gasteiger partial charge on any atom is -0.465 e. The average molecular weight is 521 g/mol. The van der Waals surface area contributed by atoms with Crippen LogP contribution in [0.25, 0.3) is 10.4 Å². The third-order valence-electron chi connectivity index (χ3n) is 6.70. The number of nitrogens with one attached hydrogen (secondary N) is 1. The number of esters is 1. The van der Waals surface area contributed by atoms with Gasteiger partial charge < -0.3 is 15.0 Å². The lowest BCUT2D eigenvalue weighted by atomic mass is 9.82. The number of carbonyl (C=O) groups excluding carboxylic acids is 3. The first-order valence-electron chi connectivity index (χ1n) is 12.5. The van der Waals surface area contributed by atoms with Gasteiger partial charge in [0.2, 0.25) is 5.91 Å². The van der Waals surface area contributed by atoms with E-state index >= 15 is 0 Å². The van der Waals surface area contributed by atoms with Crippen LogP contribution >= 0.6 is 11.3 Å². The molecule has 0 bridgehead atoms. The highest BCUT2D eigenvalue weighted by Gasteiger charge is 2.33. The van der Waals surface area contributed by atoms with E-state index < -0.39 is 5.97 Å². The molecule has 9 heteroatoms. The molecule has 2 heterocycles. The van der Waals surface area contributed by atoms with Crippen LogP contribution in [0.1, 0.15) is 66.6 Å². The van der Waals surface area contributed by atoms with Gasteiger partial charge in [0, 0.05) is 28.7 Å². The van der Waals surface area contributed by atoms with Gasteiger partial charge in [-0.1, -0.05) is 19.1 Å². The lowest BCUT2D eigenvalue weighted by Gasteiger charge is -2.33. The SMILES string of the molecule is COC(=O)c1sc(-c2ccc(NC(=O)c3ccncn3)cc2)cc1N(C(=O)C1CCC(C)CC1)C(C)C. The van der Waals surface area contributed by atoms with E-state index in [2.05, 4.69) is 22.2 Å². The molecular formula is C28H32N4O4S. The number of rotatable bonds is 7. The van der Waals surface area contributed by atoms with E-state index in [0.29, 0.717) is 22.2 Å². The van der Waals surface area contributed by atoms with Crippen LogP contribution in [0.4, 0.5) is 11.4 Å². The maximum Gasteiger partial charge on any atom is 0.350 e. The molecule has 1 fully saturated rings. The average Bonchev–Trinajstić information content (AvgIpc) is 3.34. The van der Waals surface area contributed by atoms with E-state index in [1.54, 1.807) is 23.1 Å². The van der Waals surface area contributed by atoms with Crippen molar-refractivity contribution in [1.29, 1.82) is 0 Å². The van der Waals surface area contributed by atoms with Crippen molar-refractivity contribution in [2.45, 2.75) is 52.5 Å². The van der Waals surface area contributed by atoms with E-state index in [9.17, 15) is 14.4 Å². The molecule has 0 unspecified atom stereocenters. The van der Waals surface area contributed by atoms with Gasteiger partial charge in [-0.25, -0.2) is 14.8 Å². The van der Waals surface area contributed by atoms with Gasteiger partial charge in [-0.2, -0.15) is 0 Å². The Morgan fingerprint density at radius 3 is 2.38 bits per heavy atom. The van der Waals surface area contributed by atoms with Gasteiger partial charge >= 0.3 is 5.97 Å². The first kappa shape index (κ1) is 26.5. The number of aromatic nitrogens is 2. The molecule has 1 aliphatic carbocycles. The number of hydrogen-bond acceptors (Lipinski definition) is 7. The number of hydrogen-bond donors (Lipinski definition) is 1. The molecule has 0 saturated heterocycles. The van der Waals surface area contributed by atoms with Crippen molar-refractivity contribution < 1.29 is 19.1 Å². The number of nitrogens with zero attached hydrogens (tertiary/aromatic N) is 3. The Morgan fingerprint density at radius 1 is 1.08 bits per heavy atom.